The number of methoxy groups -OCH3 is 1. The Hall–Kier alpha value is -5.10. The van der Waals surface area contributed by atoms with Crippen molar-refractivity contribution < 1.29 is 14.3 Å². The number of nitrogens with zero attached hydrogens (tertiary/aromatic N) is 4. The van der Waals surface area contributed by atoms with Gasteiger partial charge in [-0.25, -0.2) is 4.98 Å². The zero-order valence-corrected chi connectivity index (χ0v) is 22.0. The lowest BCUT2D eigenvalue weighted by Crippen LogP contribution is -2.27. The average Bonchev–Trinajstić information content (AvgIpc) is 3.76. The van der Waals surface area contributed by atoms with E-state index >= 15 is 0 Å². The fourth-order valence-corrected chi connectivity index (χ4v) is 4.95. The van der Waals surface area contributed by atoms with Gasteiger partial charge in [0.2, 0.25) is 11.8 Å². The second-order valence-electron chi connectivity index (χ2n) is 9.50. The number of nitriles is 1. The second kappa shape index (κ2) is 9.99. The van der Waals surface area contributed by atoms with E-state index in [0.717, 1.165) is 35.2 Å². The average molecular weight is 521 g/mol. The number of carbonyl (C=O) groups excluding carboxylic acids is 2. The Labute approximate surface area is 226 Å². The van der Waals surface area contributed by atoms with Gasteiger partial charge in [-0.1, -0.05) is 24.8 Å². The minimum absolute atomic E-state index is 0.0681. The number of pyridine rings is 1. The number of nitrogen functional groups attached to an aromatic ring is 1. The first-order chi connectivity index (χ1) is 18.8. The topological polar surface area (TPSA) is 126 Å². The molecule has 1 fully saturated rings. The maximum Gasteiger partial charge on any atom is 0.247 e. The number of amides is 2. The number of nitrogens with two attached hydrogens (primary N) is 1. The normalized spacial score (nSPS) is 12.6. The summed E-state index contributed by atoms with van der Waals surface area (Å²) >= 11 is 0. The van der Waals surface area contributed by atoms with Crippen molar-refractivity contribution in [3.63, 3.8) is 0 Å². The van der Waals surface area contributed by atoms with Crippen LogP contribution in [0.2, 0.25) is 0 Å². The number of aryl methyl sites for hydroxylation is 1. The van der Waals surface area contributed by atoms with Crippen LogP contribution in [-0.2, 0) is 16.6 Å². The van der Waals surface area contributed by atoms with E-state index in [1.165, 1.54) is 12.3 Å². The molecule has 0 aliphatic heterocycles. The summed E-state index contributed by atoms with van der Waals surface area (Å²) in [6.45, 7) is 3.49. The van der Waals surface area contributed by atoms with Gasteiger partial charge < -0.3 is 25.3 Å². The zero-order chi connectivity index (χ0) is 27.8. The number of ether oxygens (including phenoxy) is 1. The van der Waals surface area contributed by atoms with Crippen LogP contribution in [0.1, 0.15) is 18.4 Å². The lowest BCUT2D eigenvalue weighted by molar-refractivity contribution is -0.119. The highest BCUT2D eigenvalue weighted by Crippen LogP contribution is 2.45. The monoisotopic (exact) mass is 520 g/mol. The van der Waals surface area contributed by atoms with Crippen molar-refractivity contribution in [2.45, 2.75) is 12.8 Å². The molecular formula is C30H28N6O3. The quantitative estimate of drug-likeness (QED) is 0.335. The lowest BCUT2D eigenvalue weighted by atomic mass is 9.97. The lowest BCUT2D eigenvalue weighted by Gasteiger charge is -2.21. The summed E-state index contributed by atoms with van der Waals surface area (Å²) in [7, 11) is 5.21. The highest BCUT2D eigenvalue weighted by atomic mass is 16.5. The Kier molecular flexibility index (Phi) is 6.54. The molecule has 9 heteroatoms. The number of hydrogen-bond acceptors (Lipinski definition) is 6. The molecule has 0 bridgehead atoms. The number of fused-ring (bicyclic) bond motifs is 1. The van der Waals surface area contributed by atoms with E-state index in [2.05, 4.69) is 22.9 Å². The van der Waals surface area contributed by atoms with Crippen LogP contribution in [-0.4, -0.2) is 35.5 Å². The summed E-state index contributed by atoms with van der Waals surface area (Å²) < 4.78 is 7.67. The van der Waals surface area contributed by atoms with Crippen LogP contribution in [0.15, 0.2) is 61.3 Å². The van der Waals surface area contributed by atoms with Gasteiger partial charge in [-0.3, -0.25) is 9.59 Å². The number of benzene rings is 2. The molecule has 0 radical (unpaired) electrons. The van der Waals surface area contributed by atoms with E-state index in [1.807, 2.05) is 41.9 Å². The molecule has 9 nitrogen and oxygen atoms in total. The van der Waals surface area contributed by atoms with Crippen molar-refractivity contribution in [3.05, 3.63) is 66.9 Å². The summed E-state index contributed by atoms with van der Waals surface area (Å²) in [5, 5.41) is 13.3. The number of hydrogen-bond donors (Lipinski definition) is 2. The van der Waals surface area contributed by atoms with E-state index in [-0.39, 0.29) is 17.7 Å². The van der Waals surface area contributed by atoms with Crippen molar-refractivity contribution in [3.8, 4) is 34.2 Å². The third-order valence-corrected chi connectivity index (χ3v) is 7.06. The highest BCUT2D eigenvalue weighted by Gasteiger charge is 2.33. The first-order valence-electron chi connectivity index (χ1n) is 12.5. The molecule has 5 rings (SSSR count). The van der Waals surface area contributed by atoms with Crippen LogP contribution in [0.25, 0.3) is 33.3 Å². The summed E-state index contributed by atoms with van der Waals surface area (Å²) in [4.78, 5) is 30.5. The fraction of sp³-hybridized carbons (Fsp3) is 0.200. The zero-order valence-electron chi connectivity index (χ0n) is 22.0. The fourth-order valence-electron chi connectivity index (χ4n) is 4.95. The SMILES string of the molecule is C=CC(=O)Nc1ccc(-c2c(-c3ccc(N(C)C(=O)C4CC4)c(OC)c3)c3c(N)ncc(C#N)c3n2C)cc1. The number of carbonyl (C=O) groups is 2. The van der Waals surface area contributed by atoms with Crippen molar-refractivity contribution in [1.29, 1.82) is 5.26 Å². The van der Waals surface area contributed by atoms with Gasteiger partial charge in [0, 0.05) is 37.5 Å². The van der Waals surface area contributed by atoms with Crippen molar-refractivity contribution in [1.82, 2.24) is 9.55 Å². The van der Waals surface area contributed by atoms with E-state index in [0.29, 0.717) is 39.4 Å². The molecule has 3 N–H and O–H groups in total. The van der Waals surface area contributed by atoms with Gasteiger partial charge in [0.05, 0.1) is 35.0 Å². The third-order valence-electron chi connectivity index (χ3n) is 7.06. The predicted molar refractivity (Wildman–Crippen MR) is 152 cm³/mol. The van der Waals surface area contributed by atoms with E-state index in [1.54, 1.807) is 31.2 Å². The molecule has 2 aromatic heterocycles. The number of anilines is 3. The standard InChI is InChI=1S/C30H28N6O3/c1-5-24(37)34-21-11-8-17(9-12-21)27-25(26-28(36(27)3)20(15-31)16-33-29(26)32)19-10-13-22(23(14-19)39-4)35(2)30(38)18-6-7-18/h5,8-14,16,18H,1,6-7H2,2-4H3,(H2,32,33)(H,34,37). The molecule has 1 saturated carbocycles. The molecule has 2 heterocycles. The van der Waals surface area contributed by atoms with Gasteiger partial charge in [-0.2, -0.15) is 5.26 Å². The molecule has 2 aromatic carbocycles. The molecule has 4 aromatic rings. The maximum absolute atomic E-state index is 12.8. The minimum Gasteiger partial charge on any atom is -0.495 e. The molecule has 1 aliphatic carbocycles. The van der Waals surface area contributed by atoms with Crippen LogP contribution < -0.4 is 20.7 Å². The third kappa shape index (κ3) is 4.46. The van der Waals surface area contributed by atoms with Crippen molar-refractivity contribution in [2.24, 2.45) is 13.0 Å². The molecule has 0 atom stereocenters. The van der Waals surface area contributed by atoms with Crippen LogP contribution in [0.3, 0.4) is 0 Å². The van der Waals surface area contributed by atoms with Gasteiger partial charge in [0.25, 0.3) is 0 Å². The molecule has 39 heavy (non-hydrogen) atoms. The largest absolute Gasteiger partial charge is 0.495 e. The first-order valence-corrected chi connectivity index (χ1v) is 12.5. The molecule has 0 unspecified atom stereocenters. The molecule has 0 spiro atoms. The molecule has 1 aliphatic rings. The van der Waals surface area contributed by atoms with Gasteiger partial charge in [0.15, 0.2) is 0 Å². The summed E-state index contributed by atoms with van der Waals surface area (Å²) in [5.41, 5.74) is 12.0. The van der Waals surface area contributed by atoms with Gasteiger partial charge in [0.1, 0.15) is 17.6 Å². The predicted octanol–water partition coefficient (Wildman–Crippen LogP) is 4.87. The van der Waals surface area contributed by atoms with E-state index < -0.39 is 0 Å². The Morgan fingerprint density at radius 2 is 1.92 bits per heavy atom. The molecule has 0 saturated heterocycles. The maximum atomic E-state index is 12.8. The van der Waals surface area contributed by atoms with Gasteiger partial charge in [-0.05, 0) is 54.3 Å². The van der Waals surface area contributed by atoms with E-state index in [9.17, 15) is 14.9 Å². The second-order valence-corrected chi connectivity index (χ2v) is 9.50. The molecule has 196 valence electrons. The van der Waals surface area contributed by atoms with Crippen LogP contribution >= 0.6 is 0 Å². The number of nitrogens with one attached hydrogen (secondary N) is 1. The summed E-state index contributed by atoms with van der Waals surface area (Å²) in [6.07, 6.45) is 4.50. The number of rotatable bonds is 7. The minimum atomic E-state index is -0.303. The molecular weight excluding hydrogens is 492 g/mol. The number of aromatic nitrogens is 2. The summed E-state index contributed by atoms with van der Waals surface area (Å²) in [5.74, 6) is 0.668. The Morgan fingerprint density at radius 1 is 1.23 bits per heavy atom. The van der Waals surface area contributed by atoms with Gasteiger partial charge in [-0.15, -0.1) is 0 Å². The Balaban J connectivity index is 1.72. The van der Waals surface area contributed by atoms with Crippen LogP contribution in [0.4, 0.5) is 17.2 Å². The highest BCUT2D eigenvalue weighted by molar-refractivity contribution is 6.11. The summed E-state index contributed by atoms with van der Waals surface area (Å²) in [6, 6.07) is 15.3. The smallest absolute Gasteiger partial charge is 0.247 e. The van der Waals surface area contributed by atoms with Crippen molar-refractivity contribution >= 4 is 39.9 Å². The van der Waals surface area contributed by atoms with Crippen molar-refractivity contribution in [2.75, 3.05) is 30.1 Å². The Bertz CT molecular complexity index is 1680. The Morgan fingerprint density at radius 3 is 2.54 bits per heavy atom. The van der Waals surface area contributed by atoms with Crippen LogP contribution in [0, 0.1) is 17.2 Å². The van der Waals surface area contributed by atoms with Gasteiger partial charge >= 0.3 is 0 Å². The first kappa shape index (κ1) is 25.5. The van der Waals surface area contributed by atoms with Crippen LogP contribution in [0.5, 0.6) is 5.75 Å². The van der Waals surface area contributed by atoms with E-state index in [4.69, 9.17) is 10.5 Å². The molecule has 2 amide bonds.